The molecule has 0 spiro atoms. The van der Waals surface area contributed by atoms with Crippen molar-refractivity contribution in [3.8, 4) is 11.5 Å². The summed E-state index contributed by atoms with van der Waals surface area (Å²) in [6.07, 6.45) is 1.48. The summed E-state index contributed by atoms with van der Waals surface area (Å²) in [6, 6.07) is 3.59. The third-order valence-electron chi connectivity index (χ3n) is 2.23. The van der Waals surface area contributed by atoms with Crippen LogP contribution in [-0.4, -0.2) is 23.2 Å². The molecule has 0 saturated heterocycles. The molecule has 90 valence electrons. The monoisotopic (exact) mass is 252 g/mol. The van der Waals surface area contributed by atoms with Crippen LogP contribution in [-0.2, 0) is 0 Å². The fraction of sp³-hybridized carbons (Fsp3) is 0.333. The number of nitrogens with zero attached hydrogens (tertiary/aromatic N) is 2. The number of benzene rings is 1. The Balaban J connectivity index is 2.61. The van der Waals surface area contributed by atoms with Crippen molar-refractivity contribution in [3.05, 3.63) is 23.6 Å². The van der Waals surface area contributed by atoms with Crippen LogP contribution in [0.2, 0.25) is 5.15 Å². The van der Waals surface area contributed by atoms with E-state index in [2.05, 4.69) is 9.97 Å². The molecule has 0 aliphatic heterocycles. The molecular weight excluding hydrogens is 240 g/mol. The van der Waals surface area contributed by atoms with Crippen molar-refractivity contribution >= 4 is 22.5 Å². The molecule has 0 saturated carbocycles. The Hall–Kier alpha value is -1.55. The lowest BCUT2D eigenvalue weighted by Gasteiger charge is -2.14. The molecule has 1 aromatic carbocycles. The maximum atomic E-state index is 6.01. The molecule has 0 aliphatic rings. The van der Waals surface area contributed by atoms with E-state index in [4.69, 9.17) is 21.1 Å². The summed E-state index contributed by atoms with van der Waals surface area (Å²) in [5.74, 6) is 1.28. The van der Waals surface area contributed by atoms with Crippen molar-refractivity contribution in [1.29, 1.82) is 0 Å². The van der Waals surface area contributed by atoms with Crippen LogP contribution in [0, 0.1) is 0 Å². The second kappa shape index (κ2) is 4.75. The molecule has 0 bridgehead atoms. The van der Waals surface area contributed by atoms with Crippen molar-refractivity contribution in [1.82, 2.24) is 9.97 Å². The minimum absolute atomic E-state index is 0.0600. The highest BCUT2D eigenvalue weighted by molar-refractivity contribution is 6.34. The maximum Gasteiger partial charge on any atom is 0.162 e. The van der Waals surface area contributed by atoms with Crippen molar-refractivity contribution < 1.29 is 9.47 Å². The Morgan fingerprint density at radius 1 is 1.18 bits per heavy atom. The van der Waals surface area contributed by atoms with Gasteiger partial charge in [0.25, 0.3) is 0 Å². The molecular formula is C12H13ClN2O2. The van der Waals surface area contributed by atoms with E-state index in [1.807, 2.05) is 13.8 Å². The Bertz CT molecular complexity index is 543. The summed E-state index contributed by atoms with van der Waals surface area (Å²) >= 11 is 6.01. The largest absolute Gasteiger partial charge is 0.493 e. The minimum Gasteiger partial charge on any atom is -0.493 e. The van der Waals surface area contributed by atoms with Gasteiger partial charge in [0.2, 0.25) is 0 Å². The van der Waals surface area contributed by atoms with Crippen LogP contribution in [0.25, 0.3) is 10.9 Å². The van der Waals surface area contributed by atoms with E-state index >= 15 is 0 Å². The van der Waals surface area contributed by atoms with Crippen molar-refractivity contribution in [2.45, 2.75) is 20.0 Å². The zero-order valence-electron chi connectivity index (χ0n) is 9.90. The summed E-state index contributed by atoms with van der Waals surface area (Å²) in [7, 11) is 1.59. The van der Waals surface area contributed by atoms with Crippen LogP contribution in [0.1, 0.15) is 13.8 Å². The van der Waals surface area contributed by atoms with Crippen LogP contribution in [0.5, 0.6) is 11.5 Å². The Morgan fingerprint density at radius 2 is 1.94 bits per heavy atom. The molecule has 0 radical (unpaired) electrons. The highest BCUT2D eigenvalue weighted by Crippen LogP contribution is 2.34. The molecule has 1 aromatic heterocycles. The molecule has 17 heavy (non-hydrogen) atoms. The lowest BCUT2D eigenvalue weighted by atomic mass is 10.2. The van der Waals surface area contributed by atoms with Crippen LogP contribution in [0.15, 0.2) is 18.5 Å². The van der Waals surface area contributed by atoms with Crippen LogP contribution in [0.4, 0.5) is 0 Å². The second-order valence-corrected chi connectivity index (χ2v) is 4.21. The zero-order valence-corrected chi connectivity index (χ0v) is 10.7. The topological polar surface area (TPSA) is 44.2 Å². The lowest BCUT2D eigenvalue weighted by molar-refractivity contribution is 0.230. The van der Waals surface area contributed by atoms with Gasteiger partial charge in [0, 0.05) is 11.5 Å². The lowest BCUT2D eigenvalue weighted by Crippen LogP contribution is -2.06. The predicted molar refractivity (Wildman–Crippen MR) is 66.9 cm³/mol. The van der Waals surface area contributed by atoms with Gasteiger partial charge in [-0.25, -0.2) is 9.97 Å². The van der Waals surface area contributed by atoms with E-state index < -0.39 is 0 Å². The first-order valence-corrected chi connectivity index (χ1v) is 5.64. The quantitative estimate of drug-likeness (QED) is 0.788. The molecule has 2 aromatic rings. The van der Waals surface area contributed by atoms with Gasteiger partial charge in [-0.3, -0.25) is 0 Å². The van der Waals surface area contributed by atoms with Crippen LogP contribution < -0.4 is 9.47 Å². The van der Waals surface area contributed by atoms with Crippen LogP contribution >= 0.6 is 11.6 Å². The summed E-state index contributed by atoms with van der Waals surface area (Å²) in [6.45, 7) is 3.90. The first-order valence-electron chi connectivity index (χ1n) is 5.26. The van der Waals surface area contributed by atoms with Gasteiger partial charge >= 0.3 is 0 Å². The van der Waals surface area contributed by atoms with E-state index in [-0.39, 0.29) is 6.10 Å². The molecule has 0 fully saturated rings. The number of hydrogen-bond donors (Lipinski definition) is 0. The predicted octanol–water partition coefficient (Wildman–Crippen LogP) is 3.08. The summed E-state index contributed by atoms with van der Waals surface area (Å²) in [4.78, 5) is 8.08. The Morgan fingerprint density at radius 3 is 2.59 bits per heavy atom. The summed E-state index contributed by atoms with van der Waals surface area (Å²) in [5, 5.41) is 1.16. The normalized spacial score (nSPS) is 10.9. The van der Waals surface area contributed by atoms with Crippen molar-refractivity contribution in [2.24, 2.45) is 0 Å². The fourth-order valence-corrected chi connectivity index (χ4v) is 1.73. The average Bonchev–Trinajstić information content (AvgIpc) is 2.29. The number of methoxy groups -OCH3 is 1. The maximum absolute atomic E-state index is 6.01. The molecule has 0 aliphatic carbocycles. The molecule has 0 atom stereocenters. The third-order valence-corrected chi connectivity index (χ3v) is 2.54. The van der Waals surface area contributed by atoms with Gasteiger partial charge in [0.1, 0.15) is 11.5 Å². The van der Waals surface area contributed by atoms with Crippen LogP contribution in [0.3, 0.4) is 0 Å². The first kappa shape index (κ1) is 11.9. The number of rotatable bonds is 3. The second-order valence-electron chi connectivity index (χ2n) is 3.85. The zero-order chi connectivity index (χ0) is 12.4. The van der Waals surface area contributed by atoms with E-state index in [1.54, 1.807) is 19.2 Å². The standard InChI is InChI=1S/C12H13ClN2O2/c1-7(2)17-11-4-8-9(5-10(11)16-3)14-6-15-12(8)13/h4-7H,1-3H3. The number of hydrogen-bond acceptors (Lipinski definition) is 4. The van der Waals surface area contributed by atoms with Crippen molar-refractivity contribution in [2.75, 3.05) is 7.11 Å². The van der Waals surface area contributed by atoms with Crippen molar-refractivity contribution in [3.63, 3.8) is 0 Å². The van der Waals surface area contributed by atoms with Gasteiger partial charge in [-0.15, -0.1) is 0 Å². The number of fused-ring (bicyclic) bond motifs is 1. The fourth-order valence-electron chi connectivity index (χ4n) is 1.54. The highest BCUT2D eigenvalue weighted by atomic mass is 35.5. The molecule has 0 unspecified atom stereocenters. The van der Waals surface area contributed by atoms with E-state index in [0.29, 0.717) is 16.7 Å². The Kier molecular flexibility index (Phi) is 3.33. The van der Waals surface area contributed by atoms with Gasteiger partial charge < -0.3 is 9.47 Å². The average molecular weight is 253 g/mol. The number of halogens is 1. The summed E-state index contributed by atoms with van der Waals surface area (Å²) < 4.78 is 10.9. The first-order chi connectivity index (χ1) is 8.11. The van der Waals surface area contributed by atoms with Gasteiger partial charge in [-0.2, -0.15) is 0 Å². The number of ether oxygens (including phenoxy) is 2. The molecule has 4 nitrogen and oxygen atoms in total. The molecule has 2 rings (SSSR count). The van der Waals surface area contributed by atoms with Gasteiger partial charge in [-0.1, -0.05) is 11.6 Å². The molecule has 0 amide bonds. The summed E-state index contributed by atoms with van der Waals surface area (Å²) in [5.41, 5.74) is 0.734. The van der Waals surface area contributed by atoms with Gasteiger partial charge in [0.05, 0.1) is 18.7 Å². The SMILES string of the molecule is COc1cc2ncnc(Cl)c2cc1OC(C)C. The van der Waals surface area contributed by atoms with E-state index in [1.165, 1.54) is 6.33 Å². The van der Waals surface area contributed by atoms with E-state index in [0.717, 1.165) is 10.9 Å². The van der Waals surface area contributed by atoms with Gasteiger partial charge in [0.15, 0.2) is 11.5 Å². The number of aromatic nitrogens is 2. The highest BCUT2D eigenvalue weighted by Gasteiger charge is 2.11. The minimum atomic E-state index is 0.0600. The Labute approximate surface area is 105 Å². The molecule has 0 N–H and O–H groups in total. The van der Waals surface area contributed by atoms with E-state index in [9.17, 15) is 0 Å². The molecule has 5 heteroatoms. The third kappa shape index (κ3) is 2.42. The molecule has 1 heterocycles. The smallest absolute Gasteiger partial charge is 0.162 e. The van der Waals surface area contributed by atoms with Gasteiger partial charge in [-0.05, 0) is 19.9 Å².